The Morgan fingerprint density at radius 2 is 2.06 bits per heavy atom. The van der Waals surface area contributed by atoms with Gasteiger partial charge in [-0.25, -0.2) is 0 Å². The lowest BCUT2D eigenvalue weighted by Crippen LogP contribution is -2.02. The molecule has 0 saturated heterocycles. The van der Waals surface area contributed by atoms with Crippen molar-refractivity contribution in [1.29, 1.82) is 0 Å². The van der Waals surface area contributed by atoms with Gasteiger partial charge < -0.3 is 0 Å². The van der Waals surface area contributed by atoms with E-state index in [1.165, 1.54) is 0 Å². The minimum atomic E-state index is -1.21. The number of carbonyl (C=O) groups excluding carboxylic acids is 1. The largest absolute Gasteiger partial charge is 0.540 e. The van der Waals surface area contributed by atoms with Crippen LogP contribution in [0.1, 0.15) is 17.3 Å². The van der Waals surface area contributed by atoms with Crippen LogP contribution in [0.4, 0.5) is 0 Å². The van der Waals surface area contributed by atoms with Gasteiger partial charge in [0.25, 0.3) is 0 Å². The molecule has 0 aliphatic rings. The third-order valence-electron chi connectivity index (χ3n) is 1.72. The fourth-order valence-electron chi connectivity index (χ4n) is 0.966. The van der Waals surface area contributed by atoms with Gasteiger partial charge in [-0.3, -0.25) is 9.32 Å². The Labute approximate surface area is 100 Å². The van der Waals surface area contributed by atoms with Crippen LogP contribution in [0.15, 0.2) is 29.4 Å². The van der Waals surface area contributed by atoms with E-state index >= 15 is 0 Å². The molecule has 1 aromatic carbocycles. The molecule has 0 saturated carbocycles. The molecule has 0 aromatic heterocycles. The third kappa shape index (κ3) is 3.68. The number of aldehydes is 1. The number of carbonyl (C=O) groups is 1. The highest BCUT2D eigenvalue weighted by Crippen LogP contribution is 2.30. The minimum absolute atomic E-state index is 0.612. The second-order valence-electron chi connectivity index (χ2n) is 2.88. The van der Waals surface area contributed by atoms with Gasteiger partial charge in [0.15, 0.2) is 5.75 Å². The summed E-state index contributed by atoms with van der Waals surface area (Å²) in [7, 11) is 0.555. The standard InChI is InChI=1S/C10H12N2O2PS/c1-3-11-12(2)15(16)14-10-6-4-9(8-13)5-7-10/h3-8H,1-2H3/q+1/b11-3+. The summed E-state index contributed by atoms with van der Waals surface area (Å²) in [5, 5.41) is 4.01. The zero-order valence-electron chi connectivity index (χ0n) is 9.03. The Morgan fingerprint density at radius 1 is 1.44 bits per heavy atom. The number of hydrogen-bond donors (Lipinski definition) is 0. The molecule has 0 fully saturated rings. The van der Waals surface area contributed by atoms with Crippen LogP contribution in [0.2, 0.25) is 0 Å². The van der Waals surface area contributed by atoms with E-state index in [1.54, 1.807) is 42.3 Å². The molecule has 0 aliphatic carbocycles. The van der Waals surface area contributed by atoms with Crippen LogP contribution in [-0.4, -0.2) is 24.3 Å². The Bertz CT molecular complexity index is 406. The van der Waals surface area contributed by atoms with Crippen LogP contribution in [0.5, 0.6) is 5.75 Å². The summed E-state index contributed by atoms with van der Waals surface area (Å²) in [5.74, 6) is 0.643. The summed E-state index contributed by atoms with van der Waals surface area (Å²) in [6.07, 6.45) is 2.44. The quantitative estimate of drug-likeness (QED) is 0.351. The van der Waals surface area contributed by atoms with Crippen LogP contribution in [0.3, 0.4) is 0 Å². The summed E-state index contributed by atoms with van der Waals surface area (Å²) < 4.78 is 7.10. The average Bonchev–Trinajstić information content (AvgIpc) is 2.30. The topological polar surface area (TPSA) is 41.9 Å². The summed E-state index contributed by atoms with van der Waals surface area (Å²) in [4.78, 5) is 10.4. The second kappa shape index (κ2) is 6.30. The zero-order chi connectivity index (χ0) is 12.0. The number of nitrogens with zero attached hydrogens (tertiary/aromatic N) is 2. The monoisotopic (exact) mass is 255 g/mol. The molecular formula is C10H12N2O2PS+. The van der Waals surface area contributed by atoms with Crippen molar-refractivity contribution in [3.63, 3.8) is 0 Å². The number of rotatable bonds is 5. The lowest BCUT2D eigenvalue weighted by atomic mass is 10.2. The lowest BCUT2D eigenvalue weighted by molar-refractivity contribution is 0.112. The SMILES string of the molecule is C/C=N/N(C)[P+](=S)Oc1ccc(C=O)cc1. The molecule has 1 atom stereocenters. The average molecular weight is 255 g/mol. The molecule has 84 valence electrons. The molecule has 4 nitrogen and oxygen atoms in total. The normalized spacial score (nSPS) is 11.2. The van der Waals surface area contributed by atoms with Gasteiger partial charge in [0.2, 0.25) is 11.8 Å². The van der Waals surface area contributed by atoms with Gasteiger partial charge in [0.1, 0.15) is 6.29 Å². The van der Waals surface area contributed by atoms with Crippen molar-refractivity contribution in [2.24, 2.45) is 5.10 Å². The first-order valence-electron chi connectivity index (χ1n) is 4.60. The van der Waals surface area contributed by atoms with Gasteiger partial charge in [-0.15, -0.1) is 5.10 Å². The Balaban J connectivity index is 2.66. The van der Waals surface area contributed by atoms with Gasteiger partial charge in [-0.05, 0) is 31.2 Å². The molecule has 0 aliphatic heterocycles. The smallest absolute Gasteiger partial charge is 0.298 e. The van der Waals surface area contributed by atoms with Gasteiger partial charge in [-0.2, -0.15) is 0 Å². The highest BCUT2D eigenvalue weighted by molar-refractivity contribution is 8.02. The van der Waals surface area contributed by atoms with Gasteiger partial charge in [-0.1, -0.05) is 4.78 Å². The van der Waals surface area contributed by atoms with Gasteiger partial charge >= 0.3 is 7.07 Å². The third-order valence-corrected chi connectivity index (χ3v) is 3.59. The summed E-state index contributed by atoms with van der Waals surface area (Å²) >= 11 is 5.15. The first kappa shape index (κ1) is 12.7. The summed E-state index contributed by atoms with van der Waals surface area (Å²) in [5.41, 5.74) is 0.612. The van der Waals surface area contributed by atoms with Crippen LogP contribution >= 0.6 is 7.07 Å². The maximum Gasteiger partial charge on any atom is 0.540 e. The summed E-state index contributed by atoms with van der Waals surface area (Å²) in [6.45, 7) is 1.81. The number of hydrogen-bond acceptors (Lipinski definition) is 4. The fourth-order valence-corrected chi connectivity index (χ4v) is 1.96. The molecule has 1 unspecified atom stereocenters. The molecular weight excluding hydrogens is 243 g/mol. The summed E-state index contributed by atoms with van der Waals surface area (Å²) in [6, 6.07) is 6.80. The van der Waals surface area contributed by atoms with Crippen molar-refractivity contribution in [2.45, 2.75) is 6.92 Å². The predicted octanol–water partition coefficient (Wildman–Crippen LogP) is 2.59. The first-order chi connectivity index (χ1) is 7.67. The van der Waals surface area contributed by atoms with Crippen molar-refractivity contribution in [1.82, 2.24) is 4.78 Å². The van der Waals surface area contributed by atoms with Crippen molar-refractivity contribution in [3.05, 3.63) is 29.8 Å². The van der Waals surface area contributed by atoms with E-state index in [0.717, 1.165) is 6.29 Å². The molecule has 0 bridgehead atoms. The van der Waals surface area contributed by atoms with Crippen LogP contribution in [-0.2, 0) is 11.8 Å². The molecule has 1 aromatic rings. The van der Waals surface area contributed by atoms with E-state index in [4.69, 9.17) is 16.3 Å². The minimum Gasteiger partial charge on any atom is -0.298 e. The van der Waals surface area contributed by atoms with E-state index in [9.17, 15) is 4.79 Å². The van der Waals surface area contributed by atoms with Gasteiger partial charge in [0, 0.05) is 11.8 Å². The number of hydrazone groups is 1. The van der Waals surface area contributed by atoms with E-state index < -0.39 is 7.07 Å². The first-order valence-corrected chi connectivity index (χ1v) is 6.82. The Hall–Kier alpha value is -1.32. The van der Waals surface area contributed by atoms with Crippen LogP contribution in [0.25, 0.3) is 0 Å². The fraction of sp³-hybridized carbons (Fsp3) is 0.200. The molecule has 16 heavy (non-hydrogen) atoms. The van der Waals surface area contributed by atoms with E-state index in [-0.39, 0.29) is 0 Å². The van der Waals surface area contributed by atoms with Crippen LogP contribution in [0, 0.1) is 0 Å². The highest BCUT2D eigenvalue weighted by Gasteiger charge is 2.19. The molecule has 0 spiro atoms. The highest BCUT2D eigenvalue weighted by atomic mass is 32.4. The second-order valence-corrected chi connectivity index (χ2v) is 5.05. The van der Waals surface area contributed by atoms with Crippen molar-refractivity contribution in [3.8, 4) is 5.75 Å². The molecule has 0 N–H and O–H groups in total. The Kier molecular flexibility index (Phi) is 5.02. The van der Waals surface area contributed by atoms with Gasteiger partial charge in [0.05, 0.1) is 7.05 Å². The van der Waals surface area contributed by atoms with E-state index in [2.05, 4.69) is 5.10 Å². The molecule has 1 rings (SSSR count). The van der Waals surface area contributed by atoms with E-state index in [0.29, 0.717) is 11.3 Å². The van der Waals surface area contributed by atoms with Crippen molar-refractivity contribution < 1.29 is 9.32 Å². The van der Waals surface area contributed by atoms with Crippen LogP contribution < -0.4 is 4.52 Å². The number of benzene rings is 1. The Morgan fingerprint density at radius 3 is 2.56 bits per heavy atom. The molecule has 0 amide bonds. The molecule has 0 radical (unpaired) electrons. The predicted molar refractivity (Wildman–Crippen MR) is 68.7 cm³/mol. The van der Waals surface area contributed by atoms with Crippen molar-refractivity contribution >= 4 is 31.4 Å². The molecule has 6 heteroatoms. The maximum atomic E-state index is 10.4. The van der Waals surface area contributed by atoms with Crippen molar-refractivity contribution in [2.75, 3.05) is 7.05 Å². The van der Waals surface area contributed by atoms with E-state index in [1.807, 2.05) is 6.92 Å². The molecule has 0 heterocycles. The zero-order valence-corrected chi connectivity index (χ0v) is 10.7. The maximum absolute atomic E-state index is 10.4. The lowest BCUT2D eigenvalue weighted by Gasteiger charge is -2.01.